The maximum atomic E-state index is 12.3. The van der Waals surface area contributed by atoms with Crippen LogP contribution in [-0.4, -0.2) is 34.3 Å². The molecule has 2 atom stereocenters. The summed E-state index contributed by atoms with van der Waals surface area (Å²) in [4.78, 5) is 29.7. The number of hydrogen-bond donors (Lipinski definition) is 1. The van der Waals surface area contributed by atoms with Gasteiger partial charge in [0.05, 0.1) is 17.7 Å². The van der Waals surface area contributed by atoms with E-state index in [4.69, 9.17) is 0 Å². The first-order valence-corrected chi connectivity index (χ1v) is 7.01. The minimum Gasteiger partial charge on any atom is -0.342 e. The average Bonchev–Trinajstić information content (AvgIpc) is 2.85. The first-order valence-electron chi connectivity index (χ1n) is 6.07. The van der Waals surface area contributed by atoms with Crippen molar-refractivity contribution in [3.05, 3.63) is 16.6 Å². The monoisotopic (exact) mass is 267 g/mol. The van der Waals surface area contributed by atoms with E-state index in [1.165, 1.54) is 11.3 Å². The molecular formula is C12H17N3O2S. The molecule has 1 aliphatic rings. The fourth-order valence-corrected chi connectivity index (χ4v) is 2.54. The molecule has 1 aliphatic heterocycles. The van der Waals surface area contributed by atoms with Crippen LogP contribution in [0.25, 0.3) is 0 Å². The van der Waals surface area contributed by atoms with Crippen LogP contribution < -0.4 is 5.32 Å². The Morgan fingerprint density at radius 1 is 1.61 bits per heavy atom. The molecule has 1 N–H and O–H groups in total. The van der Waals surface area contributed by atoms with E-state index in [1.54, 1.807) is 10.4 Å². The molecule has 2 amide bonds. The highest BCUT2D eigenvalue weighted by atomic mass is 32.1. The van der Waals surface area contributed by atoms with Gasteiger partial charge in [-0.2, -0.15) is 0 Å². The third kappa shape index (κ3) is 2.69. The molecule has 0 saturated carbocycles. The molecular weight excluding hydrogens is 250 g/mol. The molecule has 0 aromatic carbocycles. The summed E-state index contributed by atoms with van der Waals surface area (Å²) >= 11 is 1.49. The van der Waals surface area contributed by atoms with Crippen molar-refractivity contribution in [1.82, 2.24) is 15.2 Å². The van der Waals surface area contributed by atoms with E-state index in [0.717, 1.165) is 12.1 Å². The van der Waals surface area contributed by atoms with Crippen molar-refractivity contribution in [2.75, 3.05) is 6.54 Å². The number of hydrogen-bond acceptors (Lipinski definition) is 4. The summed E-state index contributed by atoms with van der Waals surface area (Å²) in [6, 6.07) is -0.394. The van der Waals surface area contributed by atoms with Crippen molar-refractivity contribution in [3.8, 4) is 0 Å². The molecule has 2 heterocycles. The lowest BCUT2D eigenvalue weighted by molar-refractivity contribution is -0.146. The molecule has 6 heteroatoms. The van der Waals surface area contributed by atoms with E-state index in [2.05, 4.69) is 10.3 Å². The van der Waals surface area contributed by atoms with Crippen LogP contribution in [0.5, 0.6) is 0 Å². The molecule has 2 unspecified atom stereocenters. The number of carbonyl (C=O) groups excluding carboxylic acids is 2. The fourth-order valence-electron chi connectivity index (χ4n) is 2.00. The lowest BCUT2D eigenvalue weighted by Gasteiger charge is -2.34. The minimum atomic E-state index is -0.394. The van der Waals surface area contributed by atoms with E-state index in [1.807, 2.05) is 19.2 Å². The Labute approximate surface area is 110 Å². The summed E-state index contributed by atoms with van der Waals surface area (Å²) < 4.78 is 0. The predicted molar refractivity (Wildman–Crippen MR) is 68.9 cm³/mol. The van der Waals surface area contributed by atoms with Crippen molar-refractivity contribution in [1.29, 1.82) is 0 Å². The summed E-state index contributed by atoms with van der Waals surface area (Å²) in [5.41, 5.74) is 2.57. The van der Waals surface area contributed by atoms with E-state index < -0.39 is 6.04 Å². The van der Waals surface area contributed by atoms with Gasteiger partial charge in [-0.15, -0.1) is 11.3 Å². The first-order chi connectivity index (χ1) is 8.61. The van der Waals surface area contributed by atoms with Crippen molar-refractivity contribution in [2.45, 2.75) is 32.9 Å². The quantitative estimate of drug-likeness (QED) is 0.886. The Hall–Kier alpha value is -1.43. The Morgan fingerprint density at radius 2 is 2.39 bits per heavy atom. The molecule has 1 saturated heterocycles. The van der Waals surface area contributed by atoms with E-state index in [-0.39, 0.29) is 24.3 Å². The summed E-state index contributed by atoms with van der Waals surface area (Å²) in [7, 11) is 0. The van der Waals surface area contributed by atoms with Crippen LogP contribution in [0.2, 0.25) is 0 Å². The number of nitrogens with zero attached hydrogens (tertiary/aromatic N) is 2. The highest BCUT2D eigenvalue weighted by Crippen LogP contribution is 2.16. The first kappa shape index (κ1) is 13.0. The average molecular weight is 267 g/mol. The molecule has 98 valence electrons. The van der Waals surface area contributed by atoms with Crippen LogP contribution in [0, 0.1) is 5.92 Å². The van der Waals surface area contributed by atoms with Gasteiger partial charge < -0.3 is 10.2 Å². The number of carbonyl (C=O) groups is 2. The Kier molecular flexibility index (Phi) is 3.96. The van der Waals surface area contributed by atoms with Gasteiger partial charge >= 0.3 is 0 Å². The molecule has 18 heavy (non-hydrogen) atoms. The second kappa shape index (κ2) is 5.48. The third-order valence-electron chi connectivity index (χ3n) is 3.28. The topological polar surface area (TPSA) is 62.3 Å². The zero-order chi connectivity index (χ0) is 13.1. The van der Waals surface area contributed by atoms with Crippen molar-refractivity contribution in [3.63, 3.8) is 0 Å². The summed E-state index contributed by atoms with van der Waals surface area (Å²) in [6.45, 7) is 4.55. The van der Waals surface area contributed by atoms with Gasteiger partial charge in [0.15, 0.2) is 0 Å². The third-order valence-corrected chi connectivity index (χ3v) is 3.91. The van der Waals surface area contributed by atoms with Gasteiger partial charge in [-0.05, 0) is 5.92 Å². The smallest absolute Gasteiger partial charge is 0.246 e. The lowest BCUT2D eigenvalue weighted by atomic mass is 9.96. The van der Waals surface area contributed by atoms with Gasteiger partial charge in [0.2, 0.25) is 11.8 Å². The highest BCUT2D eigenvalue weighted by Gasteiger charge is 2.35. The standard InChI is InChI=1S/C12H17N3O2S/c1-3-8(2)11-12(17)15(5-10(16)14-11)4-9-6-18-7-13-9/h6-8,11H,3-5H2,1-2H3,(H,14,16). The van der Waals surface area contributed by atoms with Crippen LogP contribution in [0.3, 0.4) is 0 Å². The van der Waals surface area contributed by atoms with Crippen LogP contribution >= 0.6 is 11.3 Å². The normalized spacial score (nSPS) is 21.9. The molecule has 1 aromatic rings. The Morgan fingerprint density at radius 3 is 3.00 bits per heavy atom. The van der Waals surface area contributed by atoms with Gasteiger partial charge in [-0.1, -0.05) is 20.3 Å². The van der Waals surface area contributed by atoms with Gasteiger partial charge in [0.25, 0.3) is 0 Å². The maximum absolute atomic E-state index is 12.3. The number of rotatable bonds is 4. The molecule has 2 rings (SSSR count). The maximum Gasteiger partial charge on any atom is 0.246 e. The van der Waals surface area contributed by atoms with Gasteiger partial charge in [-0.3, -0.25) is 9.59 Å². The SMILES string of the molecule is CCC(C)C1NC(=O)CN(Cc2cscn2)C1=O. The number of piperazine rings is 1. The van der Waals surface area contributed by atoms with Gasteiger partial charge in [-0.25, -0.2) is 4.98 Å². The van der Waals surface area contributed by atoms with Crippen molar-refractivity contribution in [2.24, 2.45) is 5.92 Å². The van der Waals surface area contributed by atoms with Crippen LogP contribution in [-0.2, 0) is 16.1 Å². The van der Waals surface area contributed by atoms with Crippen LogP contribution in [0.15, 0.2) is 10.9 Å². The number of thiazole rings is 1. The second-order valence-corrected chi connectivity index (χ2v) is 5.32. The Bertz CT molecular complexity index is 433. The van der Waals surface area contributed by atoms with Gasteiger partial charge in [0.1, 0.15) is 12.6 Å². The highest BCUT2D eigenvalue weighted by molar-refractivity contribution is 7.07. The Balaban J connectivity index is 2.10. The number of nitrogens with one attached hydrogen (secondary N) is 1. The van der Waals surface area contributed by atoms with Crippen LogP contribution in [0.1, 0.15) is 26.0 Å². The van der Waals surface area contributed by atoms with Crippen molar-refractivity contribution >= 4 is 23.2 Å². The molecule has 0 aliphatic carbocycles. The van der Waals surface area contributed by atoms with E-state index >= 15 is 0 Å². The largest absolute Gasteiger partial charge is 0.342 e. The van der Waals surface area contributed by atoms with E-state index in [0.29, 0.717) is 6.54 Å². The summed E-state index contributed by atoms with van der Waals surface area (Å²) in [5, 5.41) is 4.68. The van der Waals surface area contributed by atoms with Crippen molar-refractivity contribution < 1.29 is 9.59 Å². The lowest BCUT2D eigenvalue weighted by Crippen LogP contribution is -2.59. The molecule has 5 nitrogen and oxygen atoms in total. The molecule has 1 fully saturated rings. The fraction of sp³-hybridized carbons (Fsp3) is 0.583. The summed E-state index contributed by atoms with van der Waals surface area (Å²) in [5.74, 6) is 0.0618. The van der Waals surface area contributed by atoms with Crippen LogP contribution in [0.4, 0.5) is 0 Å². The van der Waals surface area contributed by atoms with Gasteiger partial charge in [0, 0.05) is 5.38 Å². The molecule has 0 spiro atoms. The number of aromatic nitrogens is 1. The molecule has 0 radical (unpaired) electrons. The molecule has 0 bridgehead atoms. The zero-order valence-electron chi connectivity index (χ0n) is 10.5. The van der Waals surface area contributed by atoms with E-state index in [9.17, 15) is 9.59 Å². The zero-order valence-corrected chi connectivity index (χ0v) is 11.4. The minimum absolute atomic E-state index is 0.00282. The summed E-state index contributed by atoms with van der Waals surface area (Å²) in [6.07, 6.45) is 0.862. The second-order valence-electron chi connectivity index (χ2n) is 4.60. The number of amides is 2. The predicted octanol–water partition coefficient (Wildman–Crippen LogP) is 1.02. The molecule has 1 aromatic heterocycles.